The molecule has 0 heterocycles. The van der Waals surface area contributed by atoms with Crippen molar-refractivity contribution in [3.8, 4) is 16.9 Å². The summed E-state index contributed by atoms with van der Waals surface area (Å²) in [6.45, 7) is -0.734. The van der Waals surface area contributed by atoms with Gasteiger partial charge in [-0.15, -0.1) is 0 Å². The third-order valence-corrected chi connectivity index (χ3v) is 6.09. The van der Waals surface area contributed by atoms with Crippen LogP contribution in [0.5, 0.6) is 5.75 Å². The summed E-state index contributed by atoms with van der Waals surface area (Å²) >= 11 is 0. The Morgan fingerprint density at radius 3 is 2.16 bits per heavy atom. The van der Waals surface area contributed by atoms with Crippen LogP contribution < -0.4 is 4.74 Å². The van der Waals surface area contributed by atoms with Crippen molar-refractivity contribution in [3.63, 3.8) is 0 Å². The van der Waals surface area contributed by atoms with E-state index in [4.69, 9.17) is 9.84 Å². The summed E-state index contributed by atoms with van der Waals surface area (Å²) in [5.74, 6) is -1.56. The molecule has 0 aliphatic heterocycles. The van der Waals surface area contributed by atoms with Gasteiger partial charge in [0.2, 0.25) is 0 Å². The van der Waals surface area contributed by atoms with E-state index in [1.807, 2.05) is 0 Å². The standard InChI is InChI=1S/C22H17F3O5S/c23-22(24,25)17-8-11-20(30-13-21(26)27)19(12-17)16-6-9-18(10-7-16)31(28,29)14-15-4-2-1-3-5-15/h1-12H,13-14H2,(H,26,27). The molecule has 162 valence electrons. The highest BCUT2D eigenvalue weighted by Gasteiger charge is 2.31. The molecule has 1 N–H and O–H groups in total. The smallest absolute Gasteiger partial charge is 0.416 e. The van der Waals surface area contributed by atoms with Crippen molar-refractivity contribution in [2.24, 2.45) is 0 Å². The molecule has 0 aliphatic rings. The second kappa shape index (κ2) is 8.81. The maximum atomic E-state index is 13.1. The second-order valence-electron chi connectivity index (χ2n) is 6.66. The number of carboxylic acid groups (broad SMARTS) is 1. The van der Waals surface area contributed by atoms with Gasteiger partial charge in [-0.25, -0.2) is 13.2 Å². The Morgan fingerprint density at radius 1 is 0.935 bits per heavy atom. The minimum Gasteiger partial charge on any atom is -0.481 e. The van der Waals surface area contributed by atoms with E-state index in [1.165, 1.54) is 24.3 Å². The van der Waals surface area contributed by atoms with Gasteiger partial charge >= 0.3 is 12.1 Å². The number of carbonyl (C=O) groups is 1. The Labute approximate surface area is 176 Å². The van der Waals surface area contributed by atoms with Crippen molar-refractivity contribution in [2.75, 3.05) is 6.61 Å². The topological polar surface area (TPSA) is 80.7 Å². The van der Waals surface area contributed by atoms with Gasteiger partial charge in [0.15, 0.2) is 16.4 Å². The summed E-state index contributed by atoms with van der Waals surface area (Å²) in [6, 6.07) is 16.6. The average Bonchev–Trinajstić information content (AvgIpc) is 2.72. The molecule has 0 fully saturated rings. The average molecular weight is 450 g/mol. The van der Waals surface area contributed by atoms with Crippen LogP contribution in [0.1, 0.15) is 11.1 Å². The number of sulfone groups is 1. The van der Waals surface area contributed by atoms with Gasteiger partial charge in [0, 0.05) is 5.56 Å². The van der Waals surface area contributed by atoms with Crippen molar-refractivity contribution < 1.29 is 36.2 Å². The SMILES string of the molecule is O=C(O)COc1ccc(C(F)(F)F)cc1-c1ccc(S(=O)(=O)Cc2ccccc2)cc1. The van der Waals surface area contributed by atoms with Gasteiger partial charge in [-0.05, 0) is 41.5 Å². The molecule has 3 aromatic carbocycles. The van der Waals surface area contributed by atoms with Crippen molar-refractivity contribution in [2.45, 2.75) is 16.8 Å². The molecule has 9 heteroatoms. The maximum absolute atomic E-state index is 13.1. The molecule has 3 aromatic rings. The zero-order valence-electron chi connectivity index (χ0n) is 16.0. The van der Waals surface area contributed by atoms with Crippen molar-refractivity contribution >= 4 is 15.8 Å². The summed E-state index contributed by atoms with van der Waals surface area (Å²) in [7, 11) is -3.66. The molecule has 31 heavy (non-hydrogen) atoms. The fourth-order valence-electron chi connectivity index (χ4n) is 2.92. The van der Waals surface area contributed by atoms with Gasteiger partial charge in [0.1, 0.15) is 5.75 Å². The van der Waals surface area contributed by atoms with E-state index >= 15 is 0 Å². The lowest BCUT2D eigenvalue weighted by molar-refractivity contribution is -0.140. The molecule has 0 aliphatic carbocycles. The predicted molar refractivity (Wildman–Crippen MR) is 107 cm³/mol. The van der Waals surface area contributed by atoms with Crippen LogP contribution in [0.4, 0.5) is 13.2 Å². The Morgan fingerprint density at radius 2 is 1.58 bits per heavy atom. The first-order valence-electron chi connectivity index (χ1n) is 8.99. The van der Waals surface area contributed by atoms with Gasteiger partial charge in [-0.2, -0.15) is 13.2 Å². The van der Waals surface area contributed by atoms with E-state index in [-0.39, 0.29) is 27.5 Å². The summed E-state index contributed by atoms with van der Waals surface area (Å²) in [6.07, 6.45) is -4.61. The van der Waals surface area contributed by atoms with Crippen molar-refractivity contribution in [1.29, 1.82) is 0 Å². The number of ether oxygens (including phenoxy) is 1. The minimum absolute atomic E-state index is 0.00285. The molecular weight excluding hydrogens is 433 g/mol. The van der Waals surface area contributed by atoms with E-state index in [0.29, 0.717) is 5.56 Å². The molecule has 0 radical (unpaired) electrons. The highest BCUT2D eigenvalue weighted by atomic mass is 32.2. The lowest BCUT2D eigenvalue weighted by Crippen LogP contribution is -2.11. The molecule has 0 saturated heterocycles. The molecular formula is C22H17F3O5S. The van der Waals surface area contributed by atoms with Crippen molar-refractivity contribution in [3.05, 3.63) is 83.9 Å². The van der Waals surface area contributed by atoms with Crippen LogP contribution in [0, 0.1) is 0 Å². The van der Waals surface area contributed by atoms with Crippen LogP contribution in [0.25, 0.3) is 11.1 Å². The predicted octanol–water partition coefficient (Wildman–Crippen LogP) is 4.81. The van der Waals surface area contributed by atoms with Gasteiger partial charge in [0.05, 0.1) is 16.2 Å². The van der Waals surface area contributed by atoms with Gasteiger partial charge < -0.3 is 9.84 Å². The first kappa shape index (κ1) is 22.4. The molecule has 5 nitrogen and oxygen atoms in total. The third-order valence-electron chi connectivity index (χ3n) is 4.38. The Hall–Kier alpha value is -3.33. The fraction of sp³-hybridized carbons (Fsp3) is 0.136. The Bertz CT molecular complexity index is 1170. The number of alkyl halides is 3. The number of aliphatic carboxylic acids is 1. The third kappa shape index (κ3) is 5.64. The molecule has 0 aromatic heterocycles. The van der Waals surface area contributed by atoms with Crippen LogP contribution in [-0.4, -0.2) is 26.1 Å². The van der Waals surface area contributed by atoms with Crippen LogP contribution in [-0.2, 0) is 26.6 Å². The minimum atomic E-state index is -4.61. The first-order chi connectivity index (χ1) is 14.6. The molecule has 0 amide bonds. The van der Waals surface area contributed by atoms with Crippen LogP contribution in [0.2, 0.25) is 0 Å². The second-order valence-corrected chi connectivity index (χ2v) is 8.65. The number of benzene rings is 3. The normalized spacial score (nSPS) is 11.8. The number of rotatable bonds is 7. The lowest BCUT2D eigenvalue weighted by Gasteiger charge is -2.14. The van der Waals surface area contributed by atoms with Crippen LogP contribution >= 0.6 is 0 Å². The number of hydrogen-bond acceptors (Lipinski definition) is 4. The molecule has 0 atom stereocenters. The zero-order valence-corrected chi connectivity index (χ0v) is 16.8. The fourth-order valence-corrected chi connectivity index (χ4v) is 4.26. The largest absolute Gasteiger partial charge is 0.481 e. The van der Waals surface area contributed by atoms with E-state index in [0.717, 1.165) is 18.2 Å². The lowest BCUT2D eigenvalue weighted by atomic mass is 10.0. The summed E-state index contributed by atoms with van der Waals surface area (Å²) < 4.78 is 69.8. The number of hydrogen-bond donors (Lipinski definition) is 1. The quantitative estimate of drug-likeness (QED) is 0.559. The Balaban J connectivity index is 1.96. The van der Waals surface area contributed by atoms with Gasteiger partial charge in [-0.3, -0.25) is 0 Å². The van der Waals surface area contributed by atoms with Crippen LogP contribution in [0.3, 0.4) is 0 Å². The summed E-state index contributed by atoms with van der Waals surface area (Å²) in [4.78, 5) is 10.8. The highest BCUT2D eigenvalue weighted by Crippen LogP contribution is 2.37. The molecule has 0 unspecified atom stereocenters. The monoisotopic (exact) mass is 450 g/mol. The Kier molecular flexibility index (Phi) is 6.35. The van der Waals surface area contributed by atoms with Gasteiger partial charge in [0.25, 0.3) is 0 Å². The number of halogens is 3. The van der Waals surface area contributed by atoms with Crippen LogP contribution in [0.15, 0.2) is 77.7 Å². The maximum Gasteiger partial charge on any atom is 0.416 e. The summed E-state index contributed by atoms with van der Waals surface area (Å²) in [5.41, 5.74) is -0.0759. The van der Waals surface area contributed by atoms with Crippen molar-refractivity contribution in [1.82, 2.24) is 0 Å². The number of carboxylic acids is 1. The van der Waals surface area contributed by atoms with E-state index in [2.05, 4.69) is 0 Å². The van der Waals surface area contributed by atoms with Gasteiger partial charge in [-0.1, -0.05) is 42.5 Å². The molecule has 3 rings (SSSR count). The van der Waals surface area contributed by atoms with E-state index in [1.54, 1.807) is 30.3 Å². The summed E-state index contributed by atoms with van der Waals surface area (Å²) in [5, 5.41) is 8.80. The zero-order chi connectivity index (χ0) is 22.6. The van der Waals surface area contributed by atoms with E-state index < -0.39 is 34.2 Å². The molecule has 0 bridgehead atoms. The van der Waals surface area contributed by atoms with E-state index in [9.17, 15) is 26.4 Å². The highest BCUT2D eigenvalue weighted by molar-refractivity contribution is 7.90. The first-order valence-corrected chi connectivity index (χ1v) is 10.6. The molecule has 0 spiro atoms. The molecule has 0 saturated carbocycles.